The van der Waals surface area contributed by atoms with Crippen molar-refractivity contribution in [1.29, 1.82) is 0 Å². The Morgan fingerprint density at radius 2 is 1.83 bits per heavy atom. The summed E-state index contributed by atoms with van der Waals surface area (Å²) in [6.07, 6.45) is 12.5. The molecular weight excluding hydrogens is 224 g/mol. The normalized spacial score (nSPS) is 17.2. The topological polar surface area (TPSA) is 67.6 Å². The quantitative estimate of drug-likeness (QED) is 0.731. The Morgan fingerprint density at radius 3 is 2.61 bits per heavy atom. The molecule has 4 heteroatoms. The second-order valence-electron chi connectivity index (χ2n) is 5.43. The zero-order valence-corrected chi connectivity index (χ0v) is 11.3. The van der Waals surface area contributed by atoms with Gasteiger partial charge in [-0.2, -0.15) is 5.10 Å². The summed E-state index contributed by atoms with van der Waals surface area (Å²) in [4.78, 5) is 4.66. The molecule has 102 valence electrons. The van der Waals surface area contributed by atoms with E-state index in [1.165, 1.54) is 51.4 Å². The number of hydrogen-bond donors (Lipinski definition) is 2. The molecule has 3 N–H and O–H groups in total. The molecule has 1 heterocycles. The van der Waals surface area contributed by atoms with Crippen LogP contribution in [0.3, 0.4) is 0 Å². The minimum absolute atomic E-state index is 0.612. The van der Waals surface area contributed by atoms with Crippen molar-refractivity contribution in [2.75, 3.05) is 6.54 Å². The van der Waals surface area contributed by atoms with Crippen molar-refractivity contribution in [3.05, 3.63) is 11.6 Å². The van der Waals surface area contributed by atoms with E-state index < -0.39 is 0 Å². The van der Waals surface area contributed by atoms with E-state index in [2.05, 4.69) is 15.2 Å². The van der Waals surface area contributed by atoms with E-state index in [-0.39, 0.29) is 0 Å². The third kappa shape index (κ3) is 4.09. The molecule has 1 fully saturated rings. The average molecular weight is 250 g/mol. The van der Waals surface area contributed by atoms with Gasteiger partial charge in [-0.1, -0.05) is 32.1 Å². The summed E-state index contributed by atoms with van der Waals surface area (Å²) >= 11 is 0. The number of aryl methyl sites for hydroxylation is 1. The molecule has 0 atom stereocenters. The lowest BCUT2D eigenvalue weighted by Gasteiger charge is -2.17. The Kier molecular flexibility index (Phi) is 5.65. The number of aromatic nitrogens is 3. The van der Waals surface area contributed by atoms with Crippen molar-refractivity contribution < 1.29 is 0 Å². The summed E-state index contributed by atoms with van der Waals surface area (Å²) in [5, 5.41) is 7.51. The Balaban J connectivity index is 1.72. The van der Waals surface area contributed by atoms with E-state index in [0.717, 1.165) is 31.0 Å². The molecule has 1 aliphatic rings. The highest BCUT2D eigenvalue weighted by Gasteiger charge is 2.19. The molecule has 4 nitrogen and oxygen atoms in total. The van der Waals surface area contributed by atoms with Gasteiger partial charge in [0, 0.05) is 12.3 Å². The van der Waals surface area contributed by atoms with Gasteiger partial charge in [0.25, 0.3) is 0 Å². The molecule has 0 aromatic carbocycles. The molecule has 0 aliphatic heterocycles. The first-order chi connectivity index (χ1) is 8.90. The Hall–Kier alpha value is -0.900. The lowest BCUT2D eigenvalue weighted by atomic mass is 9.89. The van der Waals surface area contributed by atoms with Gasteiger partial charge in [-0.25, -0.2) is 4.98 Å². The number of rotatable bonds is 7. The van der Waals surface area contributed by atoms with Crippen molar-refractivity contribution in [2.45, 2.75) is 70.1 Å². The fourth-order valence-corrected chi connectivity index (χ4v) is 2.76. The van der Waals surface area contributed by atoms with Gasteiger partial charge in [0.2, 0.25) is 0 Å². The van der Waals surface area contributed by atoms with Gasteiger partial charge in [0.1, 0.15) is 5.82 Å². The average Bonchev–Trinajstić information content (AvgIpc) is 2.88. The van der Waals surface area contributed by atoms with Crippen LogP contribution < -0.4 is 5.73 Å². The molecule has 1 aromatic heterocycles. The minimum atomic E-state index is 0.612. The smallest absolute Gasteiger partial charge is 0.153 e. The molecule has 0 radical (unpaired) electrons. The summed E-state index contributed by atoms with van der Waals surface area (Å²) in [6, 6.07) is 0. The van der Waals surface area contributed by atoms with Crippen molar-refractivity contribution in [3.63, 3.8) is 0 Å². The molecule has 1 aromatic rings. The van der Waals surface area contributed by atoms with Crippen LogP contribution in [0.15, 0.2) is 0 Å². The lowest BCUT2D eigenvalue weighted by molar-refractivity contribution is 0.429. The first-order valence-corrected chi connectivity index (χ1v) is 7.51. The van der Waals surface area contributed by atoms with E-state index in [0.29, 0.717) is 5.92 Å². The van der Waals surface area contributed by atoms with Gasteiger partial charge >= 0.3 is 0 Å². The van der Waals surface area contributed by atoms with Crippen molar-refractivity contribution in [1.82, 2.24) is 15.2 Å². The molecular formula is C14H26N4. The molecule has 0 amide bonds. The maximum atomic E-state index is 5.48. The van der Waals surface area contributed by atoms with E-state index in [4.69, 9.17) is 5.73 Å². The SMILES string of the molecule is NCCCCCCc1nc(C2CCCCC2)n[nH]1. The van der Waals surface area contributed by atoms with Crippen LogP contribution in [0.5, 0.6) is 0 Å². The number of nitrogens with two attached hydrogens (primary N) is 1. The molecule has 1 aliphatic carbocycles. The lowest BCUT2D eigenvalue weighted by Crippen LogP contribution is -2.06. The number of nitrogens with one attached hydrogen (secondary N) is 1. The summed E-state index contributed by atoms with van der Waals surface area (Å²) in [6.45, 7) is 0.814. The first-order valence-electron chi connectivity index (χ1n) is 7.51. The van der Waals surface area contributed by atoms with Gasteiger partial charge in [0.05, 0.1) is 0 Å². The molecule has 2 rings (SSSR count). The van der Waals surface area contributed by atoms with E-state index in [1.54, 1.807) is 0 Å². The predicted molar refractivity (Wildman–Crippen MR) is 73.4 cm³/mol. The minimum Gasteiger partial charge on any atom is -0.330 e. The van der Waals surface area contributed by atoms with Crippen LogP contribution in [0.1, 0.15) is 75.4 Å². The summed E-state index contributed by atoms with van der Waals surface area (Å²) < 4.78 is 0. The monoisotopic (exact) mass is 250 g/mol. The van der Waals surface area contributed by atoms with Gasteiger partial charge in [-0.15, -0.1) is 0 Å². The highest BCUT2D eigenvalue weighted by atomic mass is 15.2. The fraction of sp³-hybridized carbons (Fsp3) is 0.857. The summed E-state index contributed by atoms with van der Waals surface area (Å²) in [7, 11) is 0. The molecule has 18 heavy (non-hydrogen) atoms. The van der Waals surface area contributed by atoms with E-state index >= 15 is 0 Å². The number of H-pyrrole nitrogens is 1. The Morgan fingerprint density at radius 1 is 1.06 bits per heavy atom. The van der Waals surface area contributed by atoms with Crippen LogP contribution in [-0.4, -0.2) is 21.7 Å². The van der Waals surface area contributed by atoms with Crippen LogP contribution >= 0.6 is 0 Å². The Bertz CT molecular complexity index is 328. The highest BCUT2D eigenvalue weighted by molar-refractivity contribution is 4.99. The maximum Gasteiger partial charge on any atom is 0.153 e. The zero-order chi connectivity index (χ0) is 12.6. The molecule has 0 unspecified atom stereocenters. The number of nitrogens with zero attached hydrogens (tertiary/aromatic N) is 2. The predicted octanol–water partition coefficient (Wildman–Crippen LogP) is 2.91. The van der Waals surface area contributed by atoms with Gasteiger partial charge in [-0.3, -0.25) is 5.10 Å². The van der Waals surface area contributed by atoms with Crippen molar-refractivity contribution in [2.24, 2.45) is 5.73 Å². The number of aromatic amines is 1. The molecule has 0 spiro atoms. The van der Waals surface area contributed by atoms with Crippen molar-refractivity contribution in [3.8, 4) is 0 Å². The third-order valence-electron chi connectivity index (χ3n) is 3.89. The summed E-state index contributed by atoms with van der Waals surface area (Å²) in [5.41, 5.74) is 5.48. The second kappa shape index (κ2) is 7.52. The highest BCUT2D eigenvalue weighted by Crippen LogP contribution is 2.30. The third-order valence-corrected chi connectivity index (χ3v) is 3.89. The van der Waals surface area contributed by atoms with Gasteiger partial charge < -0.3 is 5.73 Å². The van der Waals surface area contributed by atoms with Gasteiger partial charge in [0.15, 0.2) is 5.82 Å². The van der Waals surface area contributed by atoms with E-state index in [9.17, 15) is 0 Å². The van der Waals surface area contributed by atoms with Crippen LogP contribution in [0.2, 0.25) is 0 Å². The first kappa shape index (κ1) is 13.5. The Labute approximate surface area is 110 Å². The van der Waals surface area contributed by atoms with Gasteiger partial charge in [-0.05, 0) is 32.2 Å². The zero-order valence-electron chi connectivity index (χ0n) is 11.3. The maximum absolute atomic E-state index is 5.48. The van der Waals surface area contributed by atoms with E-state index in [1.807, 2.05) is 0 Å². The molecule has 0 saturated heterocycles. The fourth-order valence-electron chi connectivity index (χ4n) is 2.76. The number of unbranched alkanes of at least 4 members (excludes halogenated alkanes) is 3. The van der Waals surface area contributed by atoms with Crippen LogP contribution in [0.4, 0.5) is 0 Å². The number of hydrogen-bond acceptors (Lipinski definition) is 3. The van der Waals surface area contributed by atoms with Crippen molar-refractivity contribution >= 4 is 0 Å². The second-order valence-corrected chi connectivity index (χ2v) is 5.43. The van der Waals surface area contributed by atoms with Crippen LogP contribution in [0, 0.1) is 0 Å². The largest absolute Gasteiger partial charge is 0.330 e. The van der Waals surface area contributed by atoms with Crippen LogP contribution in [-0.2, 0) is 6.42 Å². The summed E-state index contributed by atoms with van der Waals surface area (Å²) in [5.74, 6) is 2.75. The molecule has 0 bridgehead atoms. The molecule has 1 saturated carbocycles. The van der Waals surface area contributed by atoms with Crippen LogP contribution in [0.25, 0.3) is 0 Å². The standard InChI is InChI=1S/C14H26N4/c15-11-7-2-1-6-10-13-16-14(18-17-13)12-8-4-3-5-9-12/h12H,1-11,15H2,(H,16,17,18).